The summed E-state index contributed by atoms with van der Waals surface area (Å²) in [4.78, 5) is 27.5. The molecule has 104 valence electrons. The van der Waals surface area contributed by atoms with Crippen LogP contribution in [0.3, 0.4) is 0 Å². The number of nitrogens with zero attached hydrogens (tertiary/aromatic N) is 3. The number of carbonyl (C=O) groups is 1. The molecule has 0 bridgehead atoms. The molecule has 0 aliphatic rings. The van der Waals surface area contributed by atoms with Gasteiger partial charge in [0.25, 0.3) is 11.6 Å². The fourth-order valence-electron chi connectivity index (χ4n) is 1.72. The molecular weight excluding hydrogens is 248 g/mol. The van der Waals surface area contributed by atoms with Crippen molar-refractivity contribution in [2.24, 2.45) is 5.41 Å². The number of nitro groups is 1. The van der Waals surface area contributed by atoms with Gasteiger partial charge >= 0.3 is 0 Å². The Balaban J connectivity index is 3.05. The molecule has 0 aromatic carbocycles. The van der Waals surface area contributed by atoms with E-state index in [2.05, 4.69) is 4.98 Å². The molecule has 1 rings (SSSR count). The van der Waals surface area contributed by atoms with Crippen LogP contribution in [-0.2, 0) is 0 Å². The molecule has 0 radical (unpaired) electrons. The standard InChI is InChI=1S/C12H18N4O3/c1-12(2,3)7-15(4)11(17)9-5-8(16(18)19)6-14-10(9)13/h5-6H,7H2,1-4H3,(H2,13,14). The number of hydrogen-bond acceptors (Lipinski definition) is 5. The van der Waals surface area contributed by atoms with E-state index in [4.69, 9.17) is 5.73 Å². The maximum Gasteiger partial charge on any atom is 0.288 e. The zero-order valence-electron chi connectivity index (χ0n) is 11.5. The lowest BCUT2D eigenvalue weighted by molar-refractivity contribution is -0.385. The lowest BCUT2D eigenvalue weighted by Gasteiger charge is -2.26. The Morgan fingerprint density at radius 1 is 1.53 bits per heavy atom. The first-order chi connectivity index (χ1) is 8.61. The second kappa shape index (κ2) is 5.21. The molecule has 1 heterocycles. The number of nitrogen functional groups attached to an aromatic ring is 1. The van der Waals surface area contributed by atoms with Crippen molar-refractivity contribution in [1.82, 2.24) is 9.88 Å². The number of amides is 1. The predicted molar refractivity (Wildman–Crippen MR) is 71.7 cm³/mol. The van der Waals surface area contributed by atoms with E-state index < -0.39 is 4.92 Å². The fraction of sp³-hybridized carbons (Fsp3) is 0.500. The summed E-state index contributed by atoms with van der Waals surface area (Å²) in [6.45, 7) is 6.48. The number of aromatic nitrogens is 1. The van der Waals surface area contributed by atoms with E-state index in [1.165, 1.54) is 4.90 Å². The highest BCUT2D eigenvalue weighted by Crippen LogP contribution is 2.20. The van der Waals surface area contributed by atoms with E-state index >= 15 is 0 Å². The van der Waals surface area contributed by atoms with Gasteiger partial charge in [-0.2, -0.15) is 0 Å². The van der Waals surface area contributed by atoms with Crippen LogP contribution in [0.15, 0.2) is 12.3 Å². The smallest absolute Gasteiger partial charge is 0.288 e. The van der Waals surface area contributed by atoms with Crippen LogP contribution in [0, 0.1) is 15.5 Å². The van der Waals surface area contributed by atoms with Crippen molar-refractivity contribution >= 4 is 17.4 Å². The Morgan fingerprint density at radius 2 is 2.11 bits per heavy atom. The molecule has 0 aliphatic carbocycles. The third kappa shape index (κ3) is 3.90. The molecule has 0 spiro atoms. The van der Waals surface area contributed by atoms with Crippen molar-refractivity contribution in [3.8, 4) is 0 Å². The maximum atomic E-state index is 12.2. The highest BCUT2D eigenvalue weighted by Gasteiger charge is 2.23. The molecule has 1 aromatic heterocycles. The van der Waals surface area contributed by atoms with Crippen LogP contribution in [-0.4, -0.2) is 34.3 Å². The number of rotatable bonds is 3. The maximum absolute atomic E-state index is 12.2. The van der Waals surface area contributed by atoms with Gasteiger partial charge in [-0.25, -0.2) is 4.98 Å². The second-order valence-corrected chi connectivity index (χ2v) is 5.61. The van der Waals surface area contributed by atoms with Crippen LogP contribution >= 0.6 is 0 Å². The number of pyridine rings is 1. The normalized spacial score (nSPS) is 11.2. The van der Waals surface area contributed by atoms with Gasteiger partial charge in [-0.1, -0.05) is 20.8 Å². The molecular formula is C12H18N4O3. The third-order valence-corrected chi connectivity index (χ3v) is 2.40. The van der Waals surface area contributed by atoms with Crippen LogP contribution in [0.5, 0.6) is 0 Å². The quantitative estimate of drug-likeness (QED) is 0.662. The second-order valence-electron chi connectivity index (χ2n) is 5.61. The van der Waals surface area contributed by atoms with Gasteiger partial charge in [-0.3, -0.25) is 14.9 Å². The van der Waals surface area contributed by atoms with Crippen molar-refractivity contribution in [1.29, 1.82) is 0 Å². The van der Waals surface area contributed by atoms with Crippen molar-refractivity contribution in [3.63, 3.8) is 0 Å². The Bertz CT molecular complexity index is 508. The largest absolute Gasteiger partial charge is 0.383 e. The van der Waals surface area contributed by atoms with Crippen molar-refractivity contribution in [3.05, 3.63) is 27.9 Å². The van der Waals surface area contributed by atoms with Crippen molar-refractivity contribution in [2.75, 3.05) is 19.3 Å². The van der Waals surface area contributed by atoms with Gasteiger partial charge < -0.3 is 10.6 Å². The van der Waals surface area contributed by atoms with E-state index in [0.717, 1.165) is 12.3 Å². The molecule has 1 aromatic rings. The first-order valence-corrected chi connectivity index (χ1v) is 5.77. The topological polar surface area (TPSA) is 102 Å². The number of anilines is 1. The third-order valence-electron chi connectivity index (χ3n) is 2.40. The zero-order valence-corrected chi connectivity index (χ0v) is 11.5. The molecule has 0 fully saturated rings. The highest BCUT2D eigenvalue weighted by molar-refractivity contribution is 5.98. The number of carbonyl (C=O) groups excluding carboxylic acids is 1. The SMILES string of the molecule is CN(CC(C)(C)C)C(=O)c1cc([N+](=O)[O-])cnc1N. The molecule has 0 saturated carbocycles. The van der Waals surface area contributed by atoms with E-state index in [0.29, 0.717) is 6.54 Å². The predicted octanol–water partition coefficient (Wildman–Crippen LogP) is 1.69. The van der Waals surface area contributed by atoms with Gasteiger partial charge in [0.05, 0.1) is 10.5 Å². The lowest BCUT2D eigenvalue weighted by atomic mass is 9.96. The average Bonchev–Trinajstić information content (AvgIpc) is 2.26. The monoisotopic (exact) mass is 266 g/mol. The molecule has 0 aliphatic heterocycles. The van der Waals surface area contributed by atoms with Gasteiger partial charge in [0, 0.05) is 19.7 Å². The summed E-state index contributed by atoms with van der Waals surface area (Å²) in [5.74, 6) is -0.375. The number of nitrogens with two attached hydrogens (primary N) is 1. The molecule has 0 unspecified atom stereocenters. The van der Waals surface area contributed by atoms with Crippen LogP contribution in [0.25, 0.3) is 0 Å². The summed E-state index contributed by atoms with van der Waals surface area (Å²) in [5.41, 5.74) is 5.34. The minimum atomic E-state index is -0.604. The van der Waals surface area contributed by atoms with Gasteiger partial charge in [-0.15, -0.1) is 0 Å². The molecule has 19 heavy (non-hydrogen) atoms. The van der Waals surface area contributed by atoms with Crippen LogP contribution in [0.4, 0.5) is 11.5 Å². The summed E-state index contributed by atoms with van der Waals surface area (Å²) in [5, 5.41) is 10.7. The Morgan fingerprint density at radius 3 is 2.58 bits per heavy atom. The van der Waals surface area contributed by atoms with Gasteiger partial charge in [0.15, 0.2) is 0 Å². The lowest BCUT2D eigenvalue weighted by Crippen LogP contribution is -2.35. The molecule has 2 N–H and O–H groups in total. The Kier molecular flexibility index (Phi) is 4.08. The zero-order chi connectivity index (χ0) is 14.8. The Labute approximate surface area is 111 Å². The van der Waals surface area contributed by atoms with Gasteiger partial charge in [-0.05, 0) is 5.41 Å². The minimum absolute atomic E-state index is 0.00337. The summed E-state index contributed by atoms with van der Waals surface area (Å²) in [6, 6.07) is 1.16. The fourth-order valence-corrected chi connectivity index (χ4v) is 1.72. The van der Waals surface area contributed by atoms with E-state index in [-0.39, 0.29) is 28.4 Å². The first-order valence-electron chi connectivity index (χ1n) is 5.77. The van der Waals surface area contributed by atoms with Crippen molar-refractivity contribution < 1.29 is 9.72 Å². The summed E-state index contributed by atoms with van der Waals surface area (Å²) in [7, 11) is 1.63. The van der Waals surface area contributed by atoms with Gasteiger partial charge in [0.2, 0.25) is 0 Å². The van der Waals surface area contributed by atoms with E-state index in [1.54, 1.807) is 7.05 Å². The highest BCUT2D eigenvalue weighted by atomic mass is 16.6. The van der Waals surface area contributed by atoms with E-state index in [9.17, 15) is 14.9 Å². The first kappa shape index (κ1) is 14.9. The molecule has 0 atom stereocenters. The minimum Gasteiger partial charge on any atom is -0.383 e. The van der Waals surface area contributed by atoms with Crippen LogP contribution in [0.1, 0.15) is 31.1 Å². The van der Waals surface area contributed by atoms with Crippen LogP contribution < -0.4 is 5.73 Å². The van der Waals surface area contributed by atoms with Crippen molar-refractivity contribution in [2.45, 2.75) is 20.8 Å². The Hall–Kier alpha value is -2.18. The van der Waals surface area contributed by atoms with Gasteiger partial charge in [0.1, 0.15) is 12.0 Å². The molecule has 7 nitrogen and oxygen atoms in total. The molecule has 7 heteroatoms. The average molecular weight is 266 g/mol. The molecule has 1 amide bonds. The number of hydrogen-bond donors (Lipinski definition) is 1. The summed E-state index contributed by atoms with van der Waals surface area (Å²) < 4.78 is 0. The summed E-state index contributed by atoms with van der Waals surface area (Å²) in [6.07, 6.45) is 1.04. The summed E-state index contributed by atoms with van der Waals surface area (Å²) >= 11 is 0. The van der Waals surface area contributed by atoms with Crippen LogP contribution in [0.2, 0.25) is 0 Å². The van der Waals surface area contributed by atoms with E-state index in [1.807, 2.05) is 20.8 Å². The molecule has 0 saturated heterocycles.